The van der Waals surface area contributed by atoms with E-state index in [1.54, 1.807) is 19.1 Å². The molecule has 1 aromatic heterocycles. The van der Waals surface area contributed by atoms with E-state index in [1.807, 2.05) is 52.0 Å². The molecule has 3 aromatic rings. The molecule has 0 aliphatic heterocycles. The summed E-state index contributed by atoms with van der Waals surface area (Å²) in [5.74, 6) is -0.270. The van der Waals surface area contributed by atoms with E-state index in [9.17, 15) is 9.59 Å². The molecule has 0 saturated carbocycles. The average Bonchev–Trinajstić information content (AvgIpc) is 3.05. The van der Waals surface area contributed by atoms with Crippen LogP contribution < -0.4 is 0 Å². The van der Waals surface area contributed by atoms with Crippen LogP contribution in [0.1, 0.15) is 52.6 Å². The molecule has 0 bridgehead atoms. The van der Waals surface area contributed by atoms with Gasteiger partial charge in [-0.2, -0.15) is 0 Å². The number of fused-ring (bicyclic) bond motifs is 1. The van der Waals surface area contributed by atoms with E-state index >= 15 is 0 Å². The maximum atomic E-state index is 12.9. The van der Waals surface area contributed by atoms with Crippen molar-refractivity contribution in [2.24, 2.45) is 0 Å². The van der Waals surface area contributed by atoms with Gasteiger partial charge in [0.25, 0.3) is 0 Å². The van der Waals surface area contributed by atoms with Gasteiger partial charge in [-0.25, -0.2) is 9.78 Å². The quantitative estimate of drug-likeness (QED) is 0.304. The monoisotopic (exact) mass is 410 g/mol. The van der Waals surface area contributed by atoms with Crippen LogP contribution in [0.5, 0.6) is 0 Å². The van der Waals surface area contributed by atoms with Crippen molar-refractivity contribution in [2.45, 2.75) is 51.6 Å². The maximum absolute atomic E-state index is 12.9. The van der Waals surface area contributed by atoms with Crippen LogP contribution in [0, 0.1) is 13.8 Å². The standard InChI is InChI=1S/C23H26N2O3S/c1-6-25-20-11-10-18(22(27)28-7-2)13-19(20)24-23(25)29-16(5)21(26)17-9-8-14(3)15(4)12-17/h8-13,16H,6-7H2,1-5H3/t16-/m0/s1. The fourth-order valence-electron chi connectivity index (χ4n) is 3.19. The molecule has 6 heteroatoms. The fourth-order valence-corrected chi connectivity index (χ4v) is 4.25. The number of carbonyl (C=O) groups excluding carboxylic acids is 2. The number of carbonyl (C=O) groups is 2. The molecule has 0 aliphatic carbocycles. The molecule has 0 spiro atoms. The third-order valence-corrected chi connectivity index (χ3v) is 6.07. The number of nitrogens with zero attached hydrogens (tertiary/aromatic N) is 2. The highest BCUT2D eigenvalue weighted by atomic mass is 32.2. The van der Waals surface area contributed by atoms with E-state index in [-0.39, 0.29) is 17.0 Å². The summed E-state index contributed by atoms with van der Waals surface area (Å²) in [6, 6.07) is 11.2. The van der Waals surface area contributed by atoms with E-state index in [2.05, 4.69) is 4.57 Å². The SMILES string of the molecule is CCOC(=O)c1ccc2c(c1)nc(S[C@@H](C)C(=O)c1ccc(C)c(C)c1)n2CC. The fraction of sp³-hybridized carbons (Fsp3) is 0.348. The normalized spacial score (nSPS) is 12.2. The first-order chi connectivity index (χ1) is 13.8. The molecule has 0 radical (unpaired) electrons. The summed E-state index contributed by atoms with van der Waals surface area (Å²) in [5, 5.41) is 0.497. The van der Waals surface area contributed by atoms with Crippen molar-refractivity contribution in [3.05, 3.63) is 58.7 Å². The van der Waals surface area contributed by atoms with Gasteiger partial charge in [0.1, 0.15) is 0 Å². The Balaban J connectivity index is 1.89. The lowest BCUT2D eigenvalue weighted by molar-refractivity contribution is 0.0526. The lowest BCUT2D eigenvalue weighted by Gasteiger charge is -2.12. The molecule has 152 valence electrons. The van der Waals surface area contributed by atoms with Crippen LogP contribution in [0.3, 0.4) is 0 Å². The minimum atomic E-state index is -0.354. The predicted molar refractivity (Wildman–Crippen MR) is 117 cm³/mol. The van der Waals surface area contributed by atoms with E-state index in [0.717, 1.165) is 33.9 Å². The van der Waals surface area contributed by atoms with Crippen LogP contribution in [0.2, 0.25) is 0 Å². The van der Waals surface area contributed by atoms with Crippen molar-refractivity contribution in [2.75, 3.05) is 6.61 Å². The lowest BCUT2D eigenvalue weighted by atomic mass is 10.0. The minimum absolute atomic E-state index is 0.0834. The smallest absolute Gasteiger partial charge is 0.338 e. The van der Waals surface area contributed by atoms with E-state index < -0.39 is 0 Å². The summed E-state index contributed by atoms with van der Waals surface area (Å²) in [7, 11) is 0. The van der Waals surface area contributed by atoms with Crippen molar-refractivity contribution >= 4 is 34.5 Å². The van der Waals surface area contributed by atoms with Gasteiger partial charge in [0, 0.05) is 12.1 Å². The van der Waals surface area contributed by atoms with Crippen LogP contribution in [0.15, 0.2) is 41.6 Å². The molecule has 0 amide bonds. The van der Waals surface area contributed by atoms with Gasteiger partial charge in [-0.1, -0.05) is 23.9 Å². The summed E-state index contributed by atoms with van der Waals surface area (Å²) < 4.78 is 7.15. The van der Waals surface area contributed by atoms with Gasteiger partial charge < -0.3 is 9.30 Å². The van der Waals surface area contributed by atoms with Gasteiger partial charge in [-0.05, 0) is 70.0 Å². The molecule has 2 aromatic carbocycles. The zero-order valence-corrected chi connectivity index (χ0v) is 18.3. The Labute approximate surface area is 175 Å². The Morgan fingerprint density at radius 2 is 1.79 bits per heavy atom. The Morgan fingerprint density at radius 3 is 2.45 bits per heavy atom. The van der Waals surface area contributed by atoms with E-state index in [0.29, 0.717) is 12.2 Å². The number of ether oxygens (including phenoxy) is 1. The summed E-state index contributed by atoms with van der Waals surface area (Å²) >= 11 is 1.44. The number of imidazole rings is 1. The number of hydrogen-bond acceptors (Lipinski definition) is 5. The number of ketones is 1. The molecule has 1 atom stereocenters. The molecule has 0 unspecified atom stereocenters. The van der Waals surface area contributed by atoms with Crippen molar-refractivity contribution in [1.82, 2.24) is 9.55 Å². The molecule has 0 fully saturated rings. The van der Waals surface area contributed by atoms with Gasteiger partial charge in [-0.3, -0.25) is 4.79 Å². The zero-order chi connectivity index (χ0) is 21.1. The largest absolute Gasteiger partial charge is 0.462 e. The first kappa shape index (κ1) is 21.1. The number of benzene rings is 2. The molecule has 29 heavy (non-hydrogen) atoms. The second kappa shape index (κ2) is 8.82. The van der Waals surface area contributed by atoms with Crippen LogP contribution >= 0.6 is 11.8 Å². The number of thioether (sulfide) groups is 1. The molecule has 1 heterocycles. The van der Waals surface area contributed by atoms with Gasteiger partial charge in [0.15, 0.2) is 10.9 Å². The van der Waals surface area contributed by atoms with Crippen molar-refractivity contribution in [3.63, 3.8) is 0 Å². The van der Waals surface area contributed by atoms with E-state index in [1.165, 1.54) is 17.3 Å². The number of hydrogen-bond donors (Lipinski definition) is 0. The van der Waals surface area contributed by atoms with Gasteiger partial charge >= 0.3 is 5.97 Å². The highest BCUT2D eigenvalue weighted by Gasteiger charge is 2.21. The molecular formula is C23H26N2O3S. The molecule has 0 N–H and O–H groups in total. The van der Waals surface area contributed by atoms with Crippen molar-refractivity contribution in [1.29, 1.82) is 0 Å². The van der Waals surface area contributed by atoms with Crippen molar-refractivity contribution < 1.29 is 14.3 Å². The number of Topliss-reactive ketones (excluding diaryl/α,β-unsaturated/α-hetero) is 1. The topological polar surface area (TPSA) is 61.2 Å². The first-order valence-electron chi connectivity index (χ1n) is 9.81. The molecule has 3 rings (SSSR count). The predicted octanol–water partition coefficient (Wildman–Crippen LogP) is 5.21. The minimum Gasteiger partial charge on any atom is -0.462 e. The molecular weight excluding hydrogens is 384 g/mol. The second-order valence-corrected chi connectivity index (χ2v) is 8.29. The van der Waals surface area contributed by atoms with Crippen LogP contribution in [0.4, 0.5) is 0 Å². The van der Waals surface area contributed by atoms with Crippen molar-refractivity contribution in [3.8, 4) is 0 Å². The summed E-state index contributed by atoms with van der Waals surface area (Å²) in [5.41, 5.74) is 5.15. The highest BCUT2D eigenvalue weighted by Crippen LogP contribution is 2.29. The van der Waals surface area contributed by atoms with Crippen LogP contribution in [-0.4, -0.2) is 33.2 Å². The van der Waals surface area contributed by atoms with Gasteiger partial charge in [-0.15, -0.1) is 0 Å². The molecule has 5 nitrogen and oxygen atoms in total. The lowest BCUT2D eigenvalue weighted by Crippen LogP contribution is -2.15. The number of esters is 1. The Hall–Kier alpha value is -2.60. The first-order valence-corrected chi connectivity index (χ1v) is 10.7. The summed E-state index contributed by atoms with van der Waals surface area (Å²) in [6.45, 7) is 10.8. The number of aryl methyl sites for hydroxylation is 3. The summed E-state index contributed by atoms with van der Waals surface area (Å²) in [4.78, 5) is 29.6. The number of rotatable bonds is 7. The zero-order valence-electron chi connectivity index (χ0n) is 17.5. The third kappa shape index (κ3) is 4.37. The average molecular weight is 411 g/mol. The van der Waals surface area contributed by atoms with Gasteiger partial charge in [0.05, 0.1) is 28.5 Å². The summed E-state index contributed by atoms with van der Waals surface area (Å²) in [6.07, 6.45) is 0. The Bertz CT molecular complexity index is 1070. The van der Waals surface area contributed by atoms with Crippen LogP contribution in [0.25, 0.3) is 11.0 Å². The Kier molecular flexibility index (Phi) is 6.42. The molecule has 0 saturated heterocycles. The number of aromatic nitrogens is 2. The third-order valence-electron chi connectivity index (χ3n) is 4.98. The van der Waals surface area contributed by atoms with Gasteiger partial charge in [0.2, 0.25) is 0 Å². The Morgan fingerprint density at radius 1 is 1.07 bits per heavy atom. The highest BCUT2D eigenvalue weighted by molar-refractivity contribution is 8.00. The van der Waals surface area contributed by atoms with E-state index in [4.69, 9.17) is 9.72 Å². The van der Waals surface area contributed by atoms with Crippen LogP contribution in [-0.2, 0) is 11.3 Å². The molecule has 0 aliphatic rings. The second-order valence-electron chi connectivity index (χ2n) is 6.99. The maximum Gasteiger partial charge on any atom is 0.338 e.